The number of carbonyl (C=O) groups is 1. The van der Waals surface area contributed by atoms with E-state index in [-0.39, 0.29) is 34.9 Å². The smallest absolute Gasteiger partial charge is 0.222 e. The van der Waals surface area contributed by atoms with E-state index >= 15 is 0 Å². The number of nitrogens with one attached hydrogen (secondary N) is 1. The van der Waals surface area contributed by atoms with Crippen LogP contribution in [0.5, 0.6) is 0 Å². The van der Waals surface area contributed by atoms with E-state index in [4.69, 9.17) is 0 Å². The molecule has 0 heterocycles. The van der Waals surface area contributed by atoms with Gasteiger partial charge < -0.3 is 5.32 Å². The normalized spacial score (nSPS) is 8.80. The first-order valence-electron chi connectivity index (χ1n) is 3.46. The predicted octanol–water partition coefficient (Wildman–Crippen LogP) is 0.788. The average molecular weight is 154 g/mol. The van der Waals surface area contributed by atoms with Crippen LogP contribution in [0.1, 0.15) is 27.2 Å². The minimum Gasteiger partial charge on any atom is -0.356 e. The molecule has 0 saturated heterocycles. The van der Waals surface area contributed by atoms with Gasteiger partial charge in [-0.15, -0.1) is 0 Å². The summed E-state index contributed by atoms with van der Waals surface area (Å²) in [6.45, 7) is 6.63. The Kier molecular flexibility index (Phi) is 9.45. The molecule has 2 radical (unpaired) electrons. The average Bonchev–Trinajstić information content (AvgIpc) is 1.82. The maximum absolute atomic E-state index is 10.8. The molecule has 3 heteroatoms. The van der Waals surface area contributed by atoms with Gasteiger partial charge in [0.2, 0.25) is 5.91 Å². The van der Waals surface area contributed by atoms with E-state index in [1.54, 1.807) is 0 Å². The standard InChI is InChI=1S/C7H15NO.Mg/c1-4-5-8-7(9)6(2)3;/h6H,4-5H2,1-3H3,(H,8,9);. The van der Waals surface area contributed by atoms with Gasteiger partial charge in [-0.05, 0) is 6.42 Å². The predicted molar refractivity (Wildman–Crippen MR) is 43.9 cm³/mol. The van der Waals surface area contributed by atoms with Gasteiger partial charge in [0.25, 0.3) is 0 Å². The topological polar surface area (TPSA) is 29.1 Å². The zero-order valence-corrected chi connectivity index (χ0v) is 8.52. The molecular weight excluding hydrogens is 138 g/mol. The van der Waals surface area contributed by atoms with Crippen molar-refractivity contribution in [2.75, 3.05) is 6.54 Å². The Bertz CT molecular complexity index is 93.6. The third kappa shape index (κ3) is 6.36. The molecule has 0 saturated carbocycles. The maximum Gasteiger partial charge on any atom is 0.222 e. The molecule has 0 unspecified atom stereocenters. The van der Waals surface area contributed by atoms with Crippen LogP contribution in [0, 0.1) is 5.92 Å². The largest absolute Gasteiger partial charge is 0.356 e. The Morgan fingerprint density at radius 3 is 2.30 bits per heavy atom. The second-order valence-electron chi connectivity index (χ2n) is 2.45. The first-order chi connectivity index (χ1) is 4.18. The first-order valence-corrected chi connectivity index (χ1v) is 3.46. The van der Waals surface area contributed by atoms with Gasteiger partial charge in [-0.2, -0.15) is 0 Å². The number of hydrogen-bond acceptors (Lipinski definition) is 1. The van der Waals surface area contributed by atoms with Crippen molar-refractivity contribution >= 4 is 29.0 Å². The third-order valence-electron chi connectivity index (χ3n) is 1.07. The fourth-order valence-electron chi connectivity index (χ4n) is 0.452. The zero-order chi connectivity index (χ0) is 7.28. The van der Waals surface area contributed by atoms with Crippen molar-refractivity contribution in [3.8, 4) is 0 Å². The fourth-order valence-corrected chi connectivity index (χ4v) is 0.452. The number of carbonyl (C=O) groups excluding carboxylic acids is 1. The maximum atomic E-state index is 10.8. The molecule has 56 valence electrons. The second-order valence-corrected chi connectivity index (χ2v) is 2.45. The molecule has 0 aliphatic heterocycles. The molecule has 0 rings (SSSR count). The Hall–Kier alpha value is 0.236. The van der Waals surface area contributed by atoms with Crippen LogP contribution in [0.2, 0.25) is 0 Å². The molecule has 10 heavy (non-hydrogen) atoms. The van der Waals surface area contributed by atoms with Crippen molar-refractivity contribution in [1.82, 2.24) is 5.32 Å². The van der Waals surface area contributed by atoms with E-state index in [0.29, 0.717) is 0 Å². The van der Waals surface area contributed by atoms with Gasteiger partial charge in [0.15, 0.2) is 0 Å². The van der Waals surface area contributed by atoms with Crippen LogP contribution < -0.4 is 5.32 Å². The van der Waals surface area contributed by atoms with Gasteiger partial charge in [0.1, 0.15) is 0 Å². The first kappa shape index (κ1) is 12.9. The van der Waals surface area contributed by atoms with Crippen LogP contribution in [0.15, 0.2) is 0 Å². The Morgan fingerprint density at radius 1 is 1.50 bits per heavy atom. The van der Waals surface area contributed by atoms with Crippen LogP contribution >= 0.6 is 0 Å². The zero-order valence-electron chi connectivity index (χ0n) is 7.11. The molecule has 0 aliphatic carbocycles. The van der Waals surface area contributed by atoms with Gasteiger partial charge >= 0.3 is 0 Å². The van der Waals surface area contributed by atoms with E-state index in [0.717, 1.165) is 13.0 Å². The number of hydrogen-bond donors (Lipinski definition) is 1. The highest BCUT2D eigenvalue weighted by Gasteiger charge is 2.03. The summed E-state index contributed by atoms with van der Waals surface area (Å²) in [5.74, 6) is 0.272. The molecule has 0 atom stereocenters. The summed E-state index contributed by atoms with van der Waals surface area (Å²) in [6, 6.07) is 0. The van der Waals surface area contributed by atoms with Crippen LogP contribution in [0.25, 0.3) is 0 Å². The lowest BCUT2D eigenvalue weighted by Crippen LogP contribution is -2.28. The number of amides is 1. The molecule has 0 bridgehead atoms. The van der Waals surface area contributed by atoms with E-state index in [1.165, 1.54) is 0 Å². The molecule has 0 aliphatic rings. The number of rotatable bonds is 3. The van der Waals surface area contributed by atoms with Gasteiger partial charge in [0, 0.05) is 35.5 Å². The Morgan fingerprint density at radius 2 is 2.00 bits per heavy atom. The summed E-state index contributed by atoms with van der Waals surface area (Å²) in [5.41, 5.74) is 0. The molecule has 0 aromatic heterocycles. The summed E-state index contributed by atoms with van der Waals surface area (Å²) < 4.78 is 0. The van der Waals surface area contributed by atoms with Crippen molar-refractivity contribution in [2.45, 2.75) is 27.2 Å². The van der Waals surface area contributed by atoms with Crippen LogP contribution in [0.4, 0.5) is 0 Å². The van der Waals surface area contributed by atoms with E-state index in [2.05, 4.69) is 5.32 Å². The van der Waals surface area contributed by atoms with Crippen molar-refractivity contribution in [2.24, 2.45) is 5.92 Å². The summed E-state index contributed by atoms with van der Waals surface area (Å²) >= 11 is 0. The molecule has 2 nitrogen and oxygen atoms in total. The molecule has 1 amide bonds. The monoisotopic (exact) mass is 153 g/mol. The van der Waals surface area contributed by atoms with Crippen LogP contribution in [-0.2, 0) is 4.79 Å². The highest BCUT2D eigenvalue weighted by molar-refractivity contribution is 5.77. The van der Waals surface area contributed by atoms with Gasteiger partial charge in [0.05, 0.1) is 0 Å². The molecule has 1 N–H and O–H groups in total. The van der Waals surface area contributed by atoms with Crippen molar-refractivity contribution < 1.29 is 4.79 Å². The summed E-state index contributed by atoms with van der Waals surface area (Å²) in [4.78, 5) is 10.8. The van der Waals surface area contributed by atoms with Crippen LogP contribution in [0.3, 0.4) is 0 Å². The van der Waals surface area contributed by atoms with Crippen LogP contribution in [-0.4, -0.2) is 35.5 Å². The van der Waals surface area contributed by atoms with Crippen molar-refractivity contribution in [1.29, 1.82) is 0 Å². The van der Waals surface area contributed by atoms with Crippen molar-refractivity contribution in [3.05, 3.63) is 0 Å². The molecular formula is C7H15MgNO. The second kappa shape index (κ2) is 7.34. The van der Waals surface area contributed by atoms with Crippen molar-refractivity contribution in [3.63, 3.8) is 0 Å². The SMILES string of the molecule is CCCNC(=O)C(C)C.[Mg]. The third-order valence-corrected chi connectivity index (χ3v) is 1.07. The quantitative estimate of drug-likeness (QED) is 0.597. The van der Waals surface area contributed by atoms with Gasteiger partial charge in [-0.3, -0.25) is 4.79 Å². The highest BCUT2D eigenvalue weighted by atomic mass is 24.3. The molecule has 0 fully saturated rings. The Balaban J connectivity index is 0. The van der Waals surface area contributed by atoms with E-state index in [9.17, 15) is 4.79 Å². The summed E-state index contributed by atoms with van der Waals surface area (Å²) in [5, 5.41) is 2.79. The summed E-state index contributed by atoms with van der Waals surface area (Å²) in [6.07, 6.45) is 1.01. The lowest BCUT2D eigenvalue weighted by atomic mass is 10.2. The van der Waals surface area contributed by atoms with Gasteiger partial charge in [-0.25, -0.2) is 0 Å². The van der Waals surface area contributed by atoms with E-state index < -0.39 is 0 Å². The van der Waals surface area contributed by atoms with Gasteiger partial charge in [-0.1, -0.05) is 20.8 Å². The minimum absolute atomic E-state index is 0. The molecule has 0 spiro atoms. The fraction of sp³-hybridized carbons (Fsp3) is 0.857. The lowest BCUT2D eigenvalue weighted by molar-refractivity contribution is -0.123. The lowest BCUT2D eigenvalue weighted by Gasteiger charge is -2.04. The molecule has 0 aromatic rings. The molecule has 0 aromatic carbocycles. The van der Waals surface area contributed by atoms with E-state index in [1.807, 2.05) is 20.8 Å². The summed E-state index contributed by atoms with van der Waals surface area (Å²) in [7, 11) is 0. The minimum atomic E-state index is 0. The Labute approximate surface area is 78.9 Å². The highest BCUT2D eigenvalue weighted by Crippen LogP contribution is 1.89.